The van der Waals surface area contributed by atoms with Crippen molar-refractivity contribution in [1.82, 2.24) is 9.71 Å². The zero-order valence-corrected chi connectivity index (χ0v) is 20.2. The smallest absolute Gasteiger partial charge is 0.350 e. The lowest BCUT2D eigenvalue weighted by molar-refractivity contribution is 0.0531. The minimum atomic E-state index is -3.68. The Morgan fingerprint density at radius 2 is 2.00 bits per heavy atom. The van der Waals surface area contributed by atoms with Crippen molar-refractivity contribution in [3.63, 3.8) is 0 Å². The number of carbonyl (C=O) groups excluding carboxylic acids is 2. The Morgan fingerprint density at radius 1 is 1.25 bits per heavy atom. The van der Waals surface area contributed by atoms with Crippen molar-refractivity contribution in [2.45, 2.75) is 63.8 Å². The number of benzene rings is 1. The van der Waals surface area contributed by atoms with Crippen LogP contribution in [-0.4, -0.2) is 44.5 Å². The molecule has 1 saturated carbocycles. The van der Waals surface area contributed by atoms with Crippen LogP contribution in [0, 0.1) is 6.92 Å². The number of nitrogens with one attached hydrogen (secondary N) is 1. The molecule has 0 saturated heterocycles. The summed E-state index contributed by atoms with van der Waals surface area (Å²) in [7, 11) is -3.68. The summed E-state index contributed by atoms with van der Waals surface area (Å²) in [6.45, 7) is 6.17. The molecule has 174 valence electrons. The van der Waals surface area contributed by atoms with Gasteiger partial charge in [-0.15, -0.1) is 0 Å². The molecule has 0 radical (unpaired) electrons. The van der Waals surface area contributed by atoms with Crippen LogP contribution in [0.1, 0.15) is 71.7 Å². The number of unbranched alkanes of at least 4 members (excludes halogenated alkanes) is 2. The molecule has 1 aromatic heterocycles. The zero-order chi connectivity index (χ0) is 23.3. The molecule has 1 heterocycles. The predicted molar refractivity (Wildman–Crippen MR) is 124 cm³/mol. The maximum Gasteiger partial charge on any atom is 0.350 e. The molecule has 1 aliphatic carbocycles. The number of ether oxygens (including phenoxy) is 1. The summed E-state index contributed by atoms with van der Waals surface area (Å²) in [6.07, 6.45) is 4.33. The fraction of sp³-hybridized carbons (Fsp3) is 0.500. The number of rotatable bonds is 11. The summed E-state index contributed by atoms with van der Waals surface area (Å²) in [6, 6.07) is 6.01. The lowest BCUT2D eigenvalue weighted by Gasteiger charge is -2.20. The Balaban J connectivity index is 1.91. The first kappa shape index (κ1) is 24.3. The normalized spacial score (nSPS) is 13.7. The Morgan fingerprint density at radius 3 is 2.66 bits per heavy atom. The van der Waals surface area contributed by atoms with Crippen LogP contribution in [0.5, 0.6) is 0 Å². The van der Waals surface area contributed by atoms with Crippen LogP contribution in [0.3, 0.4) is 0 Å². The lowest BCUT2D eigenvalue weighted by Crippen LogP contribution is -2.32. The van der Waals surface area contributed by atoms with Crippen molar-refractivity contribution in [3.05, 3.63) is 40.4 Å². The van der Waals surface area contributed by atoms with E-state index in [1.54, 1.807) is 26.0 Å². The van der Waals surface area contributed by atoms with E-state index in [0.29, 0.717) is 22.2 Å². The number of aryl methyl sites for hydroxylation is 1. The number of sulfonamides is 1. The highest BCUT2D eigenvalue weighted by Gasteiger charge is 2.29. The van der Waals surface area contributed by atoms with E-state index in [9.17, 15) is 18.0 Å². The first-order valence-electron chi connectivity index (χ1n) is 10.9. The summed E-state index contributed by atoms with van der Waals surface area (Å²) >= 11 is 1.11. The van der Waals surface area contributed by atoms with Gasteiger partial charge in [-0.25, -0.2) is 22.9 Å². The monoisotopic (exact) mass is 479 g/mol. The summed E-state index contributed by atoms with van der Waals surface area (Å²) in [4.78, 5) is 32.0. The molecule has 1 aliphatic rings. The van der Waals surface area contributed by atoms with E-state index >= 15 is 0 Å². The van der Waals surface area contributed by atoms with Gasteiger partial charge < -0.3 is 4.74 Å². The van der Waals surface area contributed by atoms with Crippen molar-refractivity contribution in [1.29, 1.82) is 0 Å². The van der Waals surface area contributed by atoms with Crippen LogP contribution in [0.25, 0.3) is 0 Å². The van der Waals surface area contributed by atoms with Crippen LogP contribution in [0.15, 0.2) is 29.2 Å². The number of esters is 1. The van der Waals surface area contributed by atoms with Crippen molar-refractivity contribution in [2.75, 3.05) is 18.1 Å². The Labute approximate surface area is 193 Å². The quantitative estimate of drug-likeness (QED) is 0.387. The summed E-state index contributed by atoms with van der Waals surface area (Å²) in [5.74, 6) is -0.817. The zero-order valence-electron chi connectivity index (χ0n) is 18.6. The Kier molecular flexibility index (Phi) is 8.02. The molecule has 0 unspecified atom stereocenters. The maximum atomic E-state index is 13.4. The second kappa shape index (κ2) is 10.5. The third-order valence-electron chi connectivity index (χ3n) is 5.00. The number of anilines is 1. The molecule has 3 rings (SSSR count). The summed E-state index contributed by atoms with van der Waals surface area (Å²) < 4.78 is 32.9. The molecule has 1 amide bonds. The van der Waals surface area contributed by atoms with E-state index in [0.717, 1.165) is 43.4 Å². The Hall–Kier alpha value is -2.30. The van der Waals surface area contributed by atoms with Crippen LogP contribution in [0.4, 0.5) is 5.13 Å². The number of carbonyl (C=O) groups is 2. The molecule has 1 aromatic carbocycles. The van der Waals surface area contributed by atoms with Gasteiger partial charge in [0.25, 0.3) is 5.91 Å². The highest BCUT2D eigenvalue weighted by molar-refractivity contribution is 7.89. The minimum absolute atomic E-state index is 0.0236. The summed E-state index contributed by atoms with van der Waals surface area (Å²) in [5.41, 5.74) is 0.757. The van der Waals surface area contributed by atoms with Crippen LogP contribution >= 0.6 is 11.3 Å². The molecule has 0 spiro atoms. The van der Waals surface area contributed by atoms with Crippen LogP contribution in [-0.2, 0) is 14.8 Å². The van der Waals surface area contributed by atoms with Crippen molar-refractivity contribution in [3.8, 4) is 0 Å². The minimum Gasteiger partial charge on any atom is -0.462 e. The average Bonchev–Trinajstić information content (AvgIpc) is 3.48. The fourth-order valence-corrected chi connectivity index (χ4v) is 5.46. The van der Waals surface area contributed by atoms with E-state index in [4.69, 9.17) is 4.74 Å². The second-order valence-corrected chi connectivity index (χ2v) is 10.4. The molecule has 0 bridgehead atoms. The number of nitrogens with zero attached hydrogens (tertiary/aromatic N) is 2. The molecular weight excluding hydrogens is 450 g/mol. The third-order valence-corrected chi connectivity index (χ3v) is 7.68. The first-order chi connectivity index (χ1) is 15.3. The van der Waals surface area contributed by atoms with Crippen molar-refractivity contribution < 1.29 is 22.7 Å². The molecule has 1 N–H and O–H groups in total. The maximum absolute atomic E-state index is 13.4. The molecule has 32 heavy (non-hydrogen) atoms. The number of amides is 1. The Bertz CT molecular complexity index is 1080. The topological polar surface area (TPSA) is 106 Å². The van der Waals surface area contributed by atoms with Gasteiger partial charge in [0.2, 0.25) is 10.0 Å². The van der Waals surface area contributed by atoms with E-state index < -0.39 is 16.0 Å². The van der Waals surface area contributed by atoms with Crippen LogP contribution in [0.2, 0.25) is 0 Å². The average molecular weight is 480 g/mol. The van der Waals surface area contributed by atoms with Crippen molar-refractivity contribution >= 4 is 38.4 Å². The van der Waals surface area contributed by atoms with E-state index in [-0.39, 0.29) is 29.0 Å². The fourth-order valence-electron chi connectivity index (χ4n) is 3.13. The molecule has 8 nitrogen and oxygen atoms in total. The van der Waals surface area contributed by atoms with E-state index in [2.05, 4.69) is 16.6 Å². The van der Waals surface area contributed by atoms with Gasteiger partial charge in [0.05, 0.1) is 17.2 Å². The molecule has 2 aromatic rings. The lowest BCUT2D eigenvalue weighted by atomic mass is 10.2. The number of thiazole rings is 1. The molecule has 0 atom stereocenters. The predicted octanol–water partition coefficient (Wildman–Crippen LogP) is 3.91. The van der Waals surface area contributed by atoms with E-state index in [1.165, 1.54) is 17.0 Å². The molecule has 0 aliphatic heterocycles. The number of hydrogen-bond donors (Lipinski definition) is 1. The van der Waals surface area contributed by atoms with E-state index in [1.807, 2.05) is 0 Å². The summed E-state index contributed by atoms with van der Waals surface area (Å²) in [5, 5.41) is 0.399. The highest BCUT2D eigenvalue weighted by Crippen LogP contribution is 2.29. The largest absolute Gasteiger partial charge is 0.462 e. The first-order valence-corrected chi connectivity index (χ1v) is 13.2. The van der Waals surface area contributed by atoms with Gasteiger partial charge in [0.1, 0.15) is 4.88 Å². The van der Waals surface area contributed by atoms with Gasteiger partial charge >= 0.3 is 5.97 Å². The molecule has 1 fully saturated rings. The van der Waals surface area contributed by atoms with Gasteiger partial charge in [0.15, 0.2) is 5.13 Å². The van der Waals surface area contributed by atoms with Crippen molar-refractivity contribution in [2.24, 2.45) is 0 Å². The third kappa shape index (κ3) is 5.93. The standard InChI is InChI=1S/C22H29N3O5S2/c1-4-6-7-13-25(22-23-15(3)19(31-22)21(27)30-5-2)20(26)16-9-8-10-18(14-16)32(28,29)24-17-11-12-17/h8-10,14,17,24H,4-7,11-13H2,1-3H3. The van der Waals surface area contributed by atoms with Gasteiger partial charge in [0, 0.05) is 18.2 Å². The molecular formula is C22H29N3O5S2. The van der Waals surface area contributed by atoms with Gasteiger partial charge in [-0.1, -0.05) is 37.2 Å². The number of aromatic nitrogens is 1. The van der Waals surface area contributed by atoms with Gasteiger partial charge in [-0.05, 0) is 51.3 Å². The van der Waals surface area contributed by atoms with Gasteiger partial charge in [-0.2, -0.15) is 0 Å². The highest BCUT2D eigenvalue weighted by atomic mass is 32.2. The number of hydrogen-bond acceptors (Lipinski definition) is 7. The van der Waals surface area contributed by atoms with Gasteiger partial charge in [-0.3, -0.25) is 9.69 Å². The van der Waals surface area contributed by atoms with Crippen LogP contribution < -0.4 is 9.62 Å². The SMILES string of the molecule is CCCCCN(C(=O)c1cccc(S(=O)(=O)NC2CC2)c1)c1nc(C)c(C(=O)OCC)s1. The molecule has 10 heteroatoms. The second-order valence-electron chi connectivity index (χ2n) is 7.72.